The summed E-state index contributed by atoms with van der Waals surface area (Å²) in [6, 6.07) is 26.3. The van der Waals surface area contributed by atoms with Crippen LogP contribution in [-0.2, 0) is 0 Å². The minimum atomic E-state index is 0. The summed E-state index contributed by atoms with van der Waals surface area (Å²) in [6.07, 6.45) is 1.93. The Morgan fingerprint density at radius 1 is 0.679 bits per heavy atom. The van der Waals surface area contributed by atoms with Crippen LogP contribution >= 0.6 is 0 Å². The summed E-state index contributed by atoms with van der Waals surface area (Å²) < 4.78 is 0. The largest absolute Gasteiger partial charge is 0.0984 e. The molecule has 0 aliphatic carbocycles. The SMILES string of the molecule is C.C=Cc1ccc2c(-c3cccc4c(C)cccc34)ccc3ccc(=C)c1c32. The van der Waals surface area contributed by atoms with Crippen LogP contribution in [0.15, 0.2) is 79.4 Å². The average molecular weight is 361 g/mol. The summed E-state index contributed by atoms with van der Waals surface area (Å²) in [5, 5.41) is 8.66. The van der Waals surface area contributed by atoms with Crippen molar-refractivity contribution in [2.24, 2.45) is 0 Å². The van der Waals surface area contributed by atoms with E-state index in [9.17, 15) is 0 Å². The Balaban J connectivity index is 0.00000192. The standard InChI is InChI=1S/C27H20.CH4/c1-4-19-13-16-25-24(15-14-20-12-11-18(3)26(19)27(20)25)23-10-6-8-21-17(2)7-5-9-22(21)23;/h4-16H,1,3H2,2H3;1H4. The van der Waals surface area contributed by atoms with Gasteiger partial charge in [0.25, 0.3) is 0 Å². The molecule has 0 N–H and O–H groups in total. The maximum atomic E-state index is 4.28. The number of benzene rings is 5. The zero-order chi connectivity index (χ0) is 18.5. The molecule has 0 saturated carbocycles. The fourth-order valence-corrected chi connectivity index (χ4v) is 4.35. The van der Waals surface area contributed by atoms with E-state index in [2.05, 4.69) is 92.9 Å². The third-order valence-corrected chi connectivity index (χ3v) is 5.68. The molecule has 0 radical (unpaired) electrons. The van der Waals surface area contributed by atoms with Gasteiger partial charge in [-0.15, -0.1) is 0 Å². The Bertz CT molecular complexity index is 1400. The fourth-order valence-electron chi connectivity index (χ4n) is 4.35. The molecule has 0 heteroatoms. The maximum absolute atomic E-state index is 4.28. The van der Waals surface area contributed by atoms with E-state index in [1.165, 1.54) is 49.0 Å². The highest BCUT2D eigenvalue weighted by Gasteiger charge is 2.13. The van der Waals surface area contributed by atoms with Gasteiger partial charge in [0.1, 0.15) is 0 Å². The molecule has 0 heterocycles. The van der Waals surface area contributed by atoms with E-state index in [1.807, 2.05) is 6.08 Å². The van der Waals surface area contributed by atoms with Gasteiger partial charge in [0.2, 0.25) is 0 Å². The summed E-state index contributed by atoms with van der Waals surface area (Å²) in [4.78, 5) is 0. The van der Waals surface area contributed by atoms with Gasteiger partial charge < -0.3 is 0 Å². The van der Waals surface area contributed by atoms with Gasteiger partial charge in [-0.3, -0.25) is 0 Å². The first-order valence-electron chi connectivity index (χ1n) is 9.27. The second-order valence-electron chi connectivity index (χ2n) is 7.19. The van der Waals surface area contributed by atoms with E-state index in [0.29, 0.717) is 0 Å². The van der Waals surface area contributed by atoms with Crippen molar-refractivity contribution in [1.29, 1.82) is 0 Å². The van der Waals surface area contributed by atoms with Gasteiger partial charge in [0.05, 0.1) is 0 Å². The van der Waals surface area contributed by atoms with Gasteiger partial charge in [0, 0.05) is 0 Å². The molecule has 0 fully saturated rings. The Morgan fingerprint density at radius 2 is 1.39 bits per heavy atom. The Kier molecular flexibility index (Phi) is 4.28. The Labute approximate surface area is 166 Å². The van der Waals surface area contributed by atoms with Crippen molar-refractivity contribution in [2.75, 3.05) is 0 Å². The van der Waals surface area contributed by atoms with E-state index >= 15 is 0 Å². The second kappa shape index (κ2) is 6.65. The zero-order valence-corrected chi connectivity index (χ0v) is 15.4. The molecule has 0 aliphatic heterocycles. The van der Waals surface area contributed by atoms with E-state index in [-0.39, 0.29) is 7.43 Å². The highest BCUT2D eigenvalue weighted by Crippen LogP contribution is 2.38. The van der Waals surface area contributed by atoms with E-state index < -0.39 is 0 Å². The summed E-state index contributed by atoms with van der Waals surface area (Å²) in [7, 11) is 0. The van der Waals surface area contributed by atoms with Gasteiger partial charge in [-0.05, 0) is 66.7 Å². The average Bonchev–Trinajstić information content (AvgIpc) is 2.70. The maximum Gasteiger partial charge on any atom is -0.00208 e. The van der Waals surface area contributed by atoms with Crippen LogP contribution in [-0.4, -0.2) is 0 Å². The molecule has 0 atom stereocenters. The lowest BCUT2D eigenvalue weighted by atomic mass is 9.88. The molecule has 0 bridgehead atoms. The van der Waals surface area contributed by atoms with Crippen LogP contribution in [0.2, 0.25) is 0 Å². The third-order valence-electron chi connectivity index (χ3n) is 5.68. The zero-order valence-electron chi connectivity index (χ0n) is 15.4. The summed E-state index contributed by atoms with van der Waals surface area (Å²) in [5.74, 6) is 0. The van der Waals surface area contributed by atoms with Crippen molar-refractivity contribution in [2.45, 2.75) is 14.4 Å². The highest BCUT2D eigenvalue weighted by molar-refractivity contribution is 6.18. The minimum Gasteiger partial charge on any atom is -0.0984 e. The molecule has 0 amide bonds. The summed E-state index contributed by atoms with van der Waals surface area (Å²) in [5.41, 5.74) is 5.00. The molecule has 0 aliphatic rings. The molecule has 5 rings (SSSR count). The monoisotopic (exact) mass is 360 g/mol. The number of rotatable bonds is 2. The van der Waals surface area contributed by atoms with Crippen molar-refractivity contribution in [3.63, 3.8) is 0 Å². The van der Waals surface area contributed by atoms with Crippen molar-refractivity contribution in [3.8, 4) is 11.1 Å². The van der Waals surface area contributed by atoms with E-state index in [0.717, 1.165) is 10.8 Å². The van der Waals surface area contributed by atoms with Crippen LogP contribution in [0.3, 0.4) is 0 Å². The predicted octanol–water partition coefficient (Wildman–Crippen LogP) is 7.53. The normalized spacial score (nSPS) is 11.0. The lowest BCUT2D eigenvalue weighted by Crippen LogP contribution is -2.01. The first kappa shape index (κ1) is 18.0. The van der Waals surface area contributed by atoms with Crippen molar-refractivity contribution >= 4 is 45.0 Å². The quantitative estimate of drug-likeness (QED) is 0.305. The van der Waals surface area contributed by atoms with Crippen LogP contribution in [0.1, 0.15) is 18.6 Å². The van der Waals surface area contributed by atoms with Gasteiger partial charge in [-0.25, -0.2) is 0 Å². The van der Waals surface area contributed by atoms with Crippen LogP contribution in [0.25, 0.3) is 56.1 Å². The number of fused-ring (bicyclic) bond motifs is 1. The van der Waals surface area contributed by atoms with Crippen molar-refractivity contribution in [1.82, 2.24) is 0 Å². The Hall–Kier alpha value is -3.38. The Morgan fingerprint density at radius 3 is 2.21 bits per heavy atom. The molecular formula is C28H24. The van der Waals surface area contributed by atoms with Crippen LogP contribution in [0.5, 0.6) is 0 Å². The first-order chi connectivity index (χ1) is 13.2. The fraction of sp³-hybridized carbons (Fsp3) is 0.0714. The van der Waals surface area contributed by atoms with Gasteiger partial charge in [0.15, 0.2) is 0 Å². The lowest BCUT2D eigenvalue weighted by Gasteiger charge is -2.15. The minimum absolute atomic E-state index is 0. The summed E-state index contributed by atoms with van der Waals surface area (Å²) in [6.45, 7) is 10.5. The number of aryl methyl sites for hydroxylation is 1. The highest BCUT2D eigenvalue weighted by atomic mass is 14.2. The molecule has 0 spiro atoms. The molecular weight excluding hydrogens is 336 g/mol. The molecule has 0 unspecified atom stereocenters. The van der Waals surface area contributed by atoms with Gasteiger partial charge in [-0.2, -0.15) is 0 Å². The van der Waals surface area contributed by atoms with Crippen LogP contribution in [0, 0.1) is 6.92 Å². The van der Waals surface area contributed by atoms with Crippen LogP contribution in [0.4, 0.5) is 0 Å². The smallest absolute Gasteiger partial charge is 0.00208 e. The van der Waals surface area contributed by atoms with E-state index in [1.54, 1.807) is 0 Å². The molecule has 0 saturated heterocycles. The second-order valence-corrected chi connectivity index (χ2v) is 7.19. The van der Waals surface area contributed by atoms with Gasteiger partial charge in [-0.1, -0.05) is 99.5 Å². The van der Waals surface area contributed by atoms with Crippen molar-refractivity contribution in [3.05, 3.63) is 95.7 Å². The molecule has 28 heavy (non-hydrogen) atoms. The molecule has 0 nitrogen and oxygen atoms in total. The lowest BCUT2D eigenvalue weighted by molar-refractivity contribution is 1.53. The first-order valence-corrected chi connectivity index (χ1v) is 9.27. The van der Waals surface area contributed by atoms with Gasteiger partial charge >= 0.3 is 0 Å². The molecule has 5 aromatic carbocycles. The number of hydrogen-bond acceptors (Lipinski definition) is 0. The number of hydrogen-bond donors (Lipinski definition) is 0. The summed E-state index contributed by atoms with van der Waals surface area (Å²) >= 11 is 0. The topological polar surface area (TPSA) is 0 Å². The van der Waals surface area contributed by atoms with E-state index in [4.69, 9.17) is 0 Å². The molecule has 136 valence electrons. The molecule has 5 aromatic rings. The van der Waals surface area contributed by atoms with Crippen molar-refractivity contribution < 1.29 is 0 Å². The molecule has 0 aromatic heterocycles. The van der Waals surface area contributed by atoms with Crippen LogP contribution < -0.4 is 5.22 Å². The predicted molar refractivity (Wildman–Crippen MR) is 127 cm³/mol. The third kappa shape index (κ3) is 2.46.